The maximum absolute atomic E-state index is 12.5. The number of benzene rings is 2. The normalized spacial score (nSPS) is 14.7. The van der Waals surface area contributed by atoms with Crippen LogP contribution in [0.4, 0.5) is 0 Å². The Kier molecular flexibility index (Phi) is 6.06. The molecule has 0 spiro atoms. The lowest BCUT2D eigenvalue weighted by Crippen LogP contribution is -2.40. The third kappa shape index (κ3) is 4.48. The van der Waals surface area contributed by atoms with Gasteiger partial charge in [0.25, 0.3) is 11.3 Å². The lowest BCUT2D eigenvalue weighted by molar-refractivity contribution is -0.153. The molecule has 2 N–H and O–H groups in total. The van der Waals surface area contributed by atoms with Crippen LogP contribution in [0.3, 0.4) is 0 Å². The predicted octanol–water partition coefficient (Wildman–Crippen LogP) is 3.13. The minimum Gasteiger partial charge on any atom is -0.355 e. The van der Waals surface area contributed by atoms with Gasteiger partial charge in [-0.3, -0.25) is 4.55 Å². The number of nitrogens with one attached hydrogen (secondary N) is 1. The molecule has 7 heteroatoms. The topological polar surface area (TPSA) is 75.6 Å². The fraction of sp³-hybridized carbons (Fsp3) is 0.188. The van der Waals surface area contributed by atoms with Gasteiger partial charge in [0.15, 0.2) is 0 Å². The molecule has 0 saturated carbocycles. The van der Waals surface area contributed by atoms with Crippen molar-refractivity contribution in [1.82, 2.24) is 4.89 Å². The van der Waals surface area contributed by atoms with Crippen LogP contribution in [0.25, 0.3) is 0 Å². The van der Waals surface area contributed by atoms with Gasteiger partial charge in [-0.2, -0.15) is 0 Å². The summed E-state index contributed by atoms with van der Waals surface area (Å²) in [5.74, 6) is -0.637. The molecule has 0 heterocycles. The Bertz CT molecular complexity index is 710. The molecule has 0 bridgehead atoms. The van der Waals surface area contributed by atoms with E-state index in [1.54, 1.807) is 11.8 Å². The van der Waals surface area contributed by atoms with Crippen LogP contribution >= 0.6 is 15.9 Å². The number of rotatable bonds is 6. The summed E-state index contributed by atoms with van der Waals surface area (Å²) in [6.45, 7) is 1.74. The van der Waals surface area contributed by atoms with Crippen LogP contribution in [0.2, 0.25) is 0 Å². The van der Waals surface area contributed by atoms with Gasteiger partial charge in [-0.25, -0.2) is 9.00 Å². The average molecular weight is 398 g/mol. The first-order valence-electron chi connectivity index (χ1n) is 6.80. The van der Waals surface area contributed by atoms with Crippen LogP contribution in [0.5, 0.6) is 0 Å². The highest BCUT2D eigenvalue weighted by molar-refractivity contribution is 9.10. The van der Waals surface area contributed by atoms with Gasteiger partial charge in [-0.05, 0) is 35.4 Å². The van der Waals surface area contributed by atoms with Crippen molar-refractivity contribution in [2.24, 2.45) is 0 Å². The molecule has 0 fully saturated rings. The molecule has 0 aliphatic heterocycles. The summed E-state index contributed by atoms with van der Waals surface area (Å²) in [7, 11) is 0. The molecule has 2 atom stereocenters. The van der Waals surface area contributed by atoms with E-state index in [2.05, 4.69) is 15.9 Å². The van der Waals surface area contributed by atoms with Gasteiger partial charge in [0.05, 0.1) is 5.41 Å². The Balaban J connectivity index is 2.37. The third-order valence-electron chi connectivity index (χ3n) is 3.57. The van der Waals surface area contributed by atoms with E-state index in [4.69, 9.17) is 9.39 Å². The molecule has 2 aromatic rings. The Labute approximate surface area is 145 Å². The molecule has 0 radical (unpaired) electrons. The van der Waals surface area contributed by atoms with Crippen molar-refractivity contribution >= 4 is 33.2 Å². The quantitative estimate of drug-likeness (QED) is 0.579. The van der Waals surface area contributed by atoms with Crippen LogP contribution in [0.15, 0.2) is 59.1 Å². The number of hydrogen-bond acceptors (Lipinski definition) is 3. The highest BCUT2D eigenvalue weighted by Gasteiger charge is 2.38. The fourth-order valence-electron chi connectivity index (χ4n) is 2.31. The molecular weight excluding hydrogens is 382 g/mol. The van der Waals surface area contributed by atoms with Crippen molar-refractivity contribution in [3.63, 3.8) is 0 Å². The monoisotopic (exact) mass is 397 g/mol. The Morgan fingerprint density at radius 1 is 1.22 bits per heavy atom. The van der Waals surface area contributed by atoms with Gasteiger partial charge in [0.1, 0.15) is 0 Å². The van der Waals surface area contributed by atoms with Crippen LogP contribution in [-0.4, -0.2) is 14.7 Å². The SMILES string of the molecule is CC(Cc1ccccc1Br)(C(=O)ONS(=O)O)c1ccccc1. The van der Waals surface area contributed by atoms with Crippen molar-refractivity contribution in [2.75, 3.05) is 0 Å². The van der Waals surface area contributed by atoms with E-state index in [9.17, 15) is 9.00 Å². The van der Waals surface area contributed by atoms with E-state index in [-0.39, 0.29) is 0 Å². The van der Waals surface area contributed by atoms with Gasteiger partial charge in [0, 0.05) is 4.47 Å². The van der Waals surface area contributed by atoms with E-state index in [0.29, 0.717) is 6.42 Å². The third-order valence-corrected chi connectivity index (χ3v) is 4.57. The second-order valence-electron chi connectivity index (χ2n) is 5.19. The zero-order valence-electron chi connectivity index (χ0n) is 12.4. The number of carbonyl (C=O) groups is 1. The first-order valence-corrected chi connectivity index (χ1v) is 8.70. The molecule has 0 aromatic heterocycles. The smallest absolute Gasteiger partial charge is 0.336 e. The van der Waals surface area contributed by atoms with E-state index in [1.165, 1.54) is 0 Å². The number of halogens is 1. The molecule has 0 amide bonds. The van der Waals surface area contributed by atoms with Crippen molar-refractivity contribution < 1.29 is 18.4 Å². The Hall–Kier alpha value is -1.54. The second kappa shape index (κ2) is 7.83. The molecule has 23 heavy (non-hydrogen) atoms. The van der Waals surface area contributed by atoms with Crippen LogP contribution in [0, 0.1) is 0 Å². The Morgan fingerprint density at radius 2 is 1.83 bits per heavy atom. The van der Waals surface area contributed by atoms with Gasteiger partial charge in [-0.1, -0.05) is 64.5 Å². The molecule has 0 saturated heterocycles. The second-order valence-corrected chi connectivity index (χ2v) is 6.71. The maximum atomic E-state index is 12.5. The molecular formula is C16H16BrNO4S. The van der Waals surface area contributed by atoms with E-state index in [1.807, 2.05) is 54.6 Å². The van der Waals surface area contributed by atoms with Crippen molar-refractivity contribution in [1.29, 1.82) is 0 Å². The van der Waals surface area contributed by atoms with E-state index in [0.717, 1.165) is 15.6 Å². The van der Waals surface area contributed by atoms with Gasteiger partial charge < -0.3 is 4.84 Å². The minimum atomic E-state index is -2.43. The van der Waals surface area contributed by atoms with E-state index >= 15 is 0 Å². The summed E-state index contributed by atoms with van der Waals surface area (Å²) in [6, 6.07) is 16.8. The molecule has 122 valence electrons. The van der Waals surface area contributed by atoms with Crippen LogP contribution in [0.1, 0.15) is 18.1 Å². The van der Waals surface area contributed by atoms with Crippen LogP contribution < -0.4 is 4.89 Å². The largest absolute Gasteiger partial charge is 0.355 e. The van der Waals surface area contributed by atoms with Gasteiger partial charge in [-0.15, -0.1) is 0 Å². The van der Waals surface area contributed by atoms with Gasteiger partial charge >= 0.3 is 5.97 Å². The lowest BCUT2D eigenvalue weighted by atomic mass is 9.77. The first kappa shape index (κ1) is 17.8. The summed E-state index contributed by atoms with van der Waals surface area (Å²) in [5.41, 5.74) is 0.671. The summed E-state index contributed by atoms with van der Waals surface area (Å²) >= 11 is 1.05. The standard InChI is InChI=1S/C16H16BrNO4S/c1-16(13-8-3-2-4-9-13,15(19)22-18-23(20)21)11-12-7-5-6-10-14(12)17/h2-10,18H,11H2,1H3,(H,20,21). The highest BCUT2D eigenvalue weighted by atomic mass is 79.9. The lowest BCUT2D eigenvalue weighted by Gasteiger charge is -2.28. The molecule has 2 unspecified atom stereocenters. The van der Waals surface area contributed by atoms with Gasteiger partial charge in [0.2, 0.25) is 0 Å². The first-order chi connectivity index (χ1) is 10.9. The number of hydrogen-bond donors (Lipinski definition) is 2. The zero-order chi connectivity index (χ0) is 16.9. The minimum absolute atomic E-state index is 0.372. The van der Waals surface area contributed by atoms with Crippen molar-refractivity contribution in [2.45, 2.75) is 18.8 Å². The fourth-order valence-corrected chi connectivity index (χ4v) is 2.88. The predicted molar refractivity (Wildman–Crippen MR) is 91.6 cm³/mol. The Morgan fingerprint density at radius 3 is 2.43 bits per heavy atom. The molecule has 0 aliphatic carbocycles. The summed E-state index contributed by atoms with van der Waals surface area (Å²) in [5, 5.41) is 0. The number of carbonyl (C=O) groups excluding carboxylic acids is 1. The van der Waals surface area contributed by atoms with Crippen molar-refractivity contribution in [3.8, 4) is 0 Å². The molecule has 2 aromatic carbocycles. The summed E-state index contributed by atoms with van der Waals surface area (Å²) in [4.78, 5) is 19.1. The average Bonchev–Trinajstić information content (AvgIpc) is 2.55. The summed E-state index contributed by atoms with van der Waals surface area (Å²) in [6.07, 6.45) is 0.372. The van der Waals surface area contributed by atoms with Crippen molar-refractivity contribution in [3.05, 3.63) is 70.2 Å². The highest BCUT2D eigenvalue weighted by Crippen LogP contribution is 2.32. The summed E-state index contributed by atoms with van der Waals surface area (Å²) < 4.78 is 20.3. The zero-order valence-corrected chi connectivity index (χ0v) is 14.8. The maximum Gasteiger partial charge on any atom is 0.336 e. The molecule has 0 aliphatic rings. The molecule has 5 nitrogen and oxygen atoms in total. The van der Waals surface area contributed by atoms with Crippen LogP contribution in [-0.2, 0) is 32.7 Å². The molecule has 2 rings (SSSR count). The van der Waals surface area contributed by atoms with E-state index < -0.39 is 22.7 Å².